The van der Waals surface area contributed by atoms with Crippen LogP contribution in [0.1, 0.15) is 45.0 Å². The smallest absolute Gasteiger partial charge is 0.348 e. The van der Waals surface area contributed by atoms with E-state index in [0.717, 1.165) is 27.8 Å². The molecule has 2 heterocycles. The number of pyridine rings is 1. The molecule has 34 heavy (non-hydrogen) atoms. The fourth-order valence-corrected chi connectivity index (χ4v) is 5.22. The Morgan fingerprint density at radius 2 is 1.79 bits per heavy atom. The average Bonchev–Trinajstić information content (AvgIpc) is 3.13. The molecule has 1 N–H and O–H groups in total. The van der Waals surface area contributed by atoms with Gasteiger partial charge in [0.25, 0.3) is 0 Å². The number of benzene rings is 1. The van der Waals surface area contributed by atoms with Crippen LogP contribution in [-0.2, 0) is 14.3 Å². The molecule has 0 saturated heterocycles. The van der Waals surface area contributed by atoms with Crippen molar-refractivity contribution in [2.75, 3.05) is 31.4 Å². The fourth-order valence-electron chi connectivity index (χ4n) is 3.34. The van der Waals surface area contributed by atoms with E-state index in [2.05, 4.69) is 10.3 Å². The first-order valence-electron chi connectivity index (χ1n) is 10.6. The minimum Gasteiger partial charge on any atom is -0.494 e. The van der Waals surface area contributed by atoms with E-state index in [1.807, 2.05) is 31.2 Å². The third kappa shape index (κ3) is 5.51. The molecule has 10 heteroatoms. The maximum Gasteiger partial charge on any atom is 0.348 e. The Balaban J connectivity index is 1.81. The molecule has 3 rings (SSSR count). The van der Waals surface area contributed by atoms with Gasteiger partial charge in [0.1, 0.15) is 21.1 Å². The molecule has 0 fully saturated rings. The molecule has 1 aromatic carbocycles. The molecule has 3 aromatic rings. The van der Waals surface area contributed by atoms with Crippen molar-refractivity contribution in [1.29, 1.82) is 0 Å². The van der Waals surface area contributed by atoms with Gasteiger partial charge < -0.3 is 19.5 Å². The van der Waals surface area contributed by atoms with Gasteiger partial charge in [-0.25, -0.2) is 14.6 Å². The van der Waals surface area contributed by atoms with Gasteiger partial charge in [0.15, 0.2) is 0 Å². The summed E-state index contributed by atoms with van der Waals surface area (Å²) in [6, 6.07) is 7.63. The fraction of sp³-hybridized carbons (Fsp3) is 0.333. The number of anilines is 1. The van der Waals surface area contributed by atoms with E-state index in [-0.39, 0.29) is 40.3 Å². The highest BCUT2D eigenvalue weighted by molar-refractivity contribution is 7.99. The standard InChI is InChI=1S/C24H26N2O6S2/c1-6-31-23(28)19-14(4)21(24(29)32-7-2)34-22(19)25-17(27)12-33-18-11-13(3)15-9-8-10-16(30-5)20(15)26-18/h8-11H,6-7,12H2,1-5H3,(H,25,27). The van der Waals surface area contributed by atoms with Crippen LogP contribution in [0.5, 0.6) is 5.75 Å². The summed E-state index contributed by atoms with van der Waals surface area (Å²) in [7, 11) is 1.59. The number of methoxy groups -OCH3 is 1. The number of aryl methyl sites for hydroxylation is 1. The molecule has 0 aliphatic carbocycles. The number of para-hydroxylation sites is 1. The van der Waals surface area contributed by atoms with Crippen LogP contribution in [0.4, 0.5) is 5.00 Å². The summed E-state index contributed by atoms with van der Waals surface area (Å²) in [5, 5.41) is 4.66. The summed E-state index contributed by atoms with van der Waals surface area (Å²) in [4.78, 5) is 42.5. The minimum atomic E-state index is -0.603. The van der Waals surface area contributed by atoms with Gasteiger partial charge in [-0.05, 0) is 51.0 Å². The number of aromatic nitrogens is 1. The predicted octanol–water partition coefficient (Wildman–Crippen LogP) is 5.01. The summed E-state index contributed by atoms with van der Waals surface area (Å²) in [5.41, 5.74) is 2.33. The zero-order valence-corrected chi connectivity index (χ0v) is 21.3. The maximum atomic E-state index is 12.8. The molecule has 0 aliphatic heterocycles. The summed E-state index contributed by atoms with van der Waals surface area (Å²) in [6.07, 6.45) is 0. The van der Waals surface area contributed by atoms with Crippen LogP contribution in [0.25, 0.3) is 10.9 Å². The van der Waals surface area contributed by atoms with Crippen LogP contribution in [0, 0.1) is 13.8 Å². The molecule has 2 aromatic heterocycles. The molecular weight excluding hydrogens is 476 g/mol. The van der Waals surface area contributed by atoms with Crippen molar-refractivity contribution >= 4 is 56.8 Å². The number of carbonyl (C=O) groups is 3. The number of amides is 1. The zero-order valence-electron chi connectivity index (χ0n) is 19.6. The summed E-state index contributed by atoms with van der Waals surface area (Å²) in [6.45, 7) is 7.37. The maximum absolute atomic E-state index is 12.8. The van der Waals surface area contributed by atoms with Gasteiger partial charge in [-0.2, -0.15) is 0 Å². The van der Waals surface area contributed by atoms with E-state index in [0.29, 0.717) is 16.3 Å². The number of ether oxygens (including phenoxy) is 3. The molecule has 0 unspecified atom stereocenters. The molecule has 0 atom stereocenters. The van der Waals surface area contributed by atoms with Crippen molar-refractivity contribution in [3.05, 3.63) is 45.8 Å². The summed E-state index contributed by atoms with van der Waals surface area (Å²) in [5.74, 6) is -0.774. The zero-order chi connectivity index (χ0) is 24.8. The highest BCUT2D eigenvalue weighted by Gasteiger charge is 2.27. The largest absolute Gasteiger partial charge is 0.494 e. The number of nitrogens with one attached hydrogen (secondary N) is 1. The van der Waals surface area contributed by atoms with Gasteiger partial charge in [-0.3, -0.25) is 4.79 Å². The third-order valence-electron chi connectivity index (χ3n) is 4.90. The molecule has 0 aliphatic rings. The predicted molar refractivity (Wildman–Crippen MR) is 133 cm³/mol. The van der Waals surface area contributed by atoms with Crippen LogP contribution in [0.15, 0.2) is 29.3 Å². The van der Waals surface area contributed by atoms with Crippen molar-refractivity contribution in [2.24, 2.45) is 0 Å². The molecule has 180 valence electrons. The number of rotatable bonds is 9. The Labute approximate surface area is 206 Å². The monoisotopic (exact) mass is 502 g/mol. The Bertz CT molecular complexity index is 1240. The van der Waals surface area contributed by atoms with E-state index in [1.54, 1.807) is 27.9 Å². The number of hydrogen-bond acceptors (Lipinski definition) is 9. The summed E-state index contributed by atoms with van der Waals surface area (Å²) >= 11 is 2.26. The molecule has 0 bridgehead atoms. The molecule has 8 nitrogen and oxygen atoms in total. The van der Waals surface area contributed by atoms with Crippen molar-refractivity contribution in [1.82, 2.24) is 4.98 Å². The van der Waals surface area contributed by atoms with Crippen molar-refractivity contribution in [3.8, 4) is 5.75 Å². The Morgan fingerprint density at radius 1 is 1.09 bits per heavy atom. The third-order valence-corrected chi connectivity index (χ3v) is 7.00. The van der Waals surface area contributed by atoms with Crippen molar-refractivity contribution in [2.45, 2.75) is 32.7 Å². The van der Waals surface area contributed by atoms with E-state index >= 15 is 0 Å². The van der Waals surface area contributed by atoms with Gasteiger partial charge in [0.05, 0.1) is 36.7 Å². The van der Waals surface area contributed by atoms with Crippen LogP contribution < -0.4 is 10.1 Å². The highest BCUT2D eigenvalue weighted by atomic mass is 32.2. The number of hydrogen-bond donors (Lipinski definition) is 1. The van der Waals surface area contributed by atoms with Gasteiger partial charge in [0, 0.05) is 5.39 Å². The number of thiophene rings is 1. The SMILES string of the molecule is CCOC(=O)c1sc(NC(=O)CSc2cc(C)c3cccc(OC)c3n2)c(C(=O)OCC)c1C. The number of esters is 2. The number of thioether (sulfide) groups is 1. The van der Waals surface area contributed by atoms with Crippen molar-refractivity contribution in [3.63, 3.8) is 0 Å². The topological polar surface area (TPSA) is 104 Å². The molecule has 0 saturated carbocycles. The quantitative estimate of drug-likeness (QED) is 0.322. The highest BCUT2D eigenvalue weighted by Crippen LogP contribution is 2.35. The van der Waals surface area contributed by atoms with Crippen LogP contribution >= 0.6 is 23.1 Å². The lowest BCUT2D eigenvalue weighted by atomic mass is 10.1. The lowest BCUT2D eigenvalue weighted by Gasteiger charge is -2.10. The van der Waals surface area contributed by atoms with Crippen LogP contribution in [0.2, 0.25) is 0 Å². The van der Waals surface area contributed by atoms with Crippen molar-refractivity contribution < 1.29 is 28.6 Å². The van der Waals surface area contributed by atoms with E-state index < -0.39 is 11.9 Å². The van der Waals surface area contributed by atoms with E-state index in [4.69, 9.17) is 14.2 Å². The lowest BCUT2D eigenvalue weighted by molar-refractivity contribution is -0.113. The number of fused-ring (bicyclic) bond motifs is 1. The Kier molecular flexibility index (Phi) is 8.51. The first kappa shape index (κ1) is 25.5. The first-order chi connectivity index (χ1) is 16.3. The minimum absolute atomic E-state index is 0.0566. The number of carbonyl (C=O) groups excluding carboxylic acids is 3. The second kappa shape index (κ2) is 11.3. The second-order valence-corrected chi connectivity index (χ2v) is 9.19. The molecule has 0 radical (unpaired) electrons. The van der Waals surface area contributed by atoms with Gasteiger partial charge >= 0.3 is 11.9 Å². The Morgan fingerprint density at radius 3 is 2.47 bits per heavy atom. The van der Waals surface area contributed by atoms with E-state index in [9.17, 15) is 14.4 Å². The first-order valence-corrected chi connectivity index (χ1v) is 12.4. The van der Waals surface area contributed by atoms with Gasteiger partial charge in [-0.1, -0.05) is 23.9 Å². The number of nitrogens with zero attached hydrogens (tertiary/aromatic N) is 1. The molecule has 1 amide bonds. The second-order valence-electron chi connectivity index (χ2n) is 7.17. The normalized spacial score (nSPS) is 10.7. The van der Waals surface area contributed by atoms with Crippen LogP contribution in [0.3, 0.4) is 0 Å². The van der Waals surface area contributed by atoms with Gasteiger partial charge in [-0.15, -0.1) is 11.3 Å². The summed E-state index contributed by atoms with van der Waals surface area (Å²) < 4.78 is 15.6. The Hall–Kier alpha value is -3.11. The van der Waals surface area contributed by atoms with E-state index in [1.165, 1.54) is 11.8 Å². The van der Waals surface area contributed by atoms with Gasteiger partial charge in [0.2, 0.25) is 5.91 Å². The van der Waals surface area contributed by atoms with Crippen LogP contribution in [-0.4, -0.2) is 48.9 Å². The molecular formula is C24H26N2O6S2. The lowest BCUT2D eigenvalue weighted by Crippen LogP contribution is -2.16. The average molecular weight is 503 g/mol. The molecule has 0 spiro atoms.